The van der Waals surface area contributed by atoms with Gasteiger partial charge in [-0.25, -0.2) is 4.79 Å². The summed E-state index contributed by atoms with van der Waals surface area (Å²) in [5.41, 5.74) is 3.20. The Hall–Kier alpha value is -4.41. The zero-order valence-electron chi connectivity index (χ0n) is 23.2. The van der Waals surface area contributed by atoms with Crippen LogP contribution in [0, 0.1) is 0 Å². The van der Waals surface area contributed by atoms with Gasteiger partial charge in [-0.1, -0.05) is 6.58 Å². The van der Waals surface area contributed by atoms with Crippen molar-refractivity contribution in [3.05, 3.63) is 109 Å². The van der Waals surface area contributed by atoms with E-state index < -0.39 is 5.97 Å². The average Bonchev–Trinajstić information content (AvgIpc) is 3.02. The number of aromatic hydroxyl groups is 1. The number of phenols is 1. The van der Waals surface area contributed by atoms with E-state index in [1.807, 2.05) is 72.8 Å². The van der Waals surface area contributed by atoms with Crippen LogP contribution in [0.4, 0.5) is 22.7 Å². The van der Waals surface area contributed by atoms with Crippen molar-refractivity contribution in [2.75, 3.05) is 18.6 Å². The second-order valence-electron chi connectivity index (χ2n) is 9.03. The fourth-order valence-electron chi connectivity index (χ4n) is 3.36. The Morgan fingerprint density at radius 2 is 1.10 bits per heavy atom. The van der Waals surface area contributed by atoms with Crippen LogP contribution in [-0.4, -0.2) is 35.8 Å². The second-order valence-corrected chi connectivity index (χ2v) is 11.2. The van der Waals surface area contributed by atoms with Gasteiger partial charge in [0.25, 0.3) is 0 Å². The summed E-state index contributed by atoms with van der Waals surface area (Å²) in [6.45, 7) is 5.35. The number of thioether (sulfide) groups is 2. The monoisotopic (exact) mass is 598 g/mol. The SMILES string of the molecule is C=C(C)C(=O)OC(CSc1ccc(N=Nc2ccc(O)cc2)cc1)CSc1ccc(N=Nc2ccc(OC)cc2)cc1. The normalized spacial score (nSPS) is 12.0. The molecule has 0 aliphatic rings. The average molecular weight is 599 g/mol. The highest BCUT2D eigenvalue weighted by Crippen LogP contribution is 2.29. The minimum Gasteiger partial charge on any atom is -0.508 e. The number of hydrogen-bond donors (Lipinski definition) is 1. The Labute approximate surface area is 253 Å². The number of esters is 1. The van der Waals surface area contributed by atoms with E-state index in [1.165, 1.54) is 0 Å². The van der Waals surface area contributed by atoms with Crippen LogP contribution < -0.4 is 4.74 Å². The Kier molecular flexibility index (Phi) is 11.3. The molecule has 42 heavy (non-hydrogen) atoms. The predicted molar refractivity (Wildman–Crippen MR) is 168 cm³/mol. The molecule has 214 valence electrons. The molecule has 0 heterocycles. The lowest BCUT2D eigenvalue weighted by atomic mass is 10.3. The maximum Gasteiger partial charge on any atom is 0.333 e. The van der Waals surface area contributed by atoms with E-state index in [-0.39, 0.29) is 11.9 Å². The van der Waals surface area contributed by atoms with Crippen LogP contribution in [0.1, 0.15) is 6.92 Å². The maximum absolute atomic E-state index is 12.3. The molecule has 0 amide bonds. The van der Waals surface area contributed by atoms with Crippen molar-refractivity contribution in [3.63, 3.8) is 0 Å². The first-order valence-electron chi connectivity index (χ1n) is 13.0. The maximum atomic E-state index is 12.3. The molecule has 4 aromatic rings. The zero-order chi connectivity index (χ0) is 29.7. The van der Waals surface area contributed by atoms with E-state index in [0.717, 1.165) is 26.9 Å². The van der Waals surface area contributed by atoms with Gasteiger partial charge in [-0.05, 0) is 104 Å². The van der Waals surface area contributed by atoms with E-state index >= 15 is 0 Å². The first kappa shape index (κ1) is 30.5. The van der Waals surface area contributed by atoms with Crippen LogP contribution in [0.15, 0.2) is 139 Å². The molecule has 4 rings (SSSR count). The van der Waals surface area contributed by atoms with Crippen LogP contribution in [0.5, 0.6) is 11.5 Å². The molecule has 0 aliphatic carbocycles. The molecule has 1 unspecified atom stereocenters. The summed E-state index contributed by atoms with van der Waals surface area (Å²) < 4.78 is 10.9. The molecule has 1 N–H and O–H groups in total. The quantitative estimate of drug-likeness (QED) is 0.0711. The number of carbonyl (C=O) groups is 1. The van der Waals surface area contributed by atoms with Crippen LogP contribution >= 0.6 is 23.5 Å². The number of methoxy groups -OCH3 is 1. The molecule has 0 spiro atoms. The van der Waals surface area contributed by atoms with Gasteiger partial charge in [-0.15, -0.1) is 23.5 Å². The Morgan fingerprint density at radius 1 is 0.714 bits per heavy atom. The molecule has 4 aromatic carbocycles. The molecule has 0 saturated heterocycles. The molecule has 0 bridgehead atoms. The third kappa shape index (κ3) is 9.90. The number of rotatable bonds is 13. The number of carbonyl (C=O) groups excluding carboxylic acids is 1. The second kappa shape index (κ2) is 15.6. The van der Waals surface area contributed by atoms with Gasteiger partial charge in [0.05, 0.1) is 29.9 Å². The highest BCUT2D eigenvalue weighted by molar-refractivity contribution is 8.00. The van der Waals surface area contributed by atoms with Gasteiger partial charge >= 0.3 is 5.97 Å². The van der Waals surface area contributed by atoms with E-state index in [1.54, 1.807) is 61.8 Å². The first-order chi connectivity index (χ1) is 20.4. The fourth-order valence-corrected chi connectivity index (χ4v) is 5.30. The van der Waals surface area contributed by atoms with Crippen molar-refractivity contribution in [3.8, 4) is 11.5 Å². The summed E-state index contributed by atoms with van der Waals surface area (Å²) in [7, 11) is 1.62. The Morgan fingerprint density at radius 3 is 1.48 bits per heavy atom. The lowest BCUT2D eigenvalue weighted by molar-refractivity contribution is -0.142. The summed E-state index contributed by atoms with van der Waals surface area (Å²) in [5, 5.41) is 26.4. The largest absolute Gasteiger partial charge is 0.508 e. The number of hydrogen-bond acceptors (Lipinski definition) is 10. The summed E-state index contributed by atoms with van der Waals surface area (Å²) >= 11 is 3.20. The summed E-state index contributed by atoms with van der Waals surface area (Å²) in [6, 6.07) is 29.3. The van der Waals surface area contributed by atoms with Gasteiger partial charge in [0.15, 0.2) is 0 Å². The topological polar surface area (TPSA) is 105 Å². The van der Waals surface area contributed by atoms with Crippen LogP contribution in [-0.2, 0) is 9.53 Å². The van der Waals surface area contributed by atoms with E-state index in [9.17, 15) is 9.90 Å². The minimum atomic E-state index is -0.402. The van der Waals surface area contributed by atoms with Gasteiger partial charge in [0.1, 0.15) is 17.6 Å². The zero-order valence-corrected chi connectivity index (χ0v) is 24.8. The summed E-state index contributed by atoms with van der Waals surface area (Å²) in [4.78, 5) is 14.3. The standard InChI is InChI=1S/C32H30N4O4S2/c1-22(2)32(38)40-29(20-41-30-16-8-25(9-17-30)35-33-23-4-12-27(37)13-5-23)21-42-31-18-10-26(11-19-31)36-34-24-6-14-28(39-3)15-7-24/h4-19,29,37H,1,20-21H2,2-3H3. The molecule has 0 fully saturated rings. The van der Waals surface area contributed by atoms with Crippen molar-refractivity contribution in [1.82, 2.24) is 0 Å². The molecule has 1 atom stereocenters. The van der Waals surface area contributed by atoms with Gasteiger partial charge in [0.2, 0.25) is 0 Å². The third-order valence-electron chi connectivity index (χ3n) is 5.65. The Bertz CT molecular complexity index is 1520. The molecule has 0 radical (unpaired) electrons. The van der Waals surface area contributed by atoms with Gasteiger partial charge in [-0.2, -0.15) is 20.5 Å². The van der Waals surface area contributed by atoms with E-state index in [4.69, 9.17) is 9.47 Å². The minimum absolute atomic E-state index is 0.183. The van der Waals surface area contributed by atoms with Crippen LogP contribution in [0.3, 0.4) is 0 Å². The van der Waals surface area contributed by atoms with E-state index in [0.29, 0.717) is 28.5 Å². The molecule has 10 heteroatoms. The van der Waals surface area contributed by atoms with Crippen LogP contribution in [0.25, 0.3) is 0 Å². The predicted octanol–water partition coefficient (Wildman–Crippen LogP) is 9.60. The van der Waals surface area contributed by atoms with Crippen molar-refractivity contribution in [1.29, 1.82) is 0 Å². The van der Waals surface area contributed by atoms with Crippen LogP contribution in [0.2, 0.25) is 0 Å². The van der Waals surface area contributed by atoms with Gasteiger partial charge < -0.3 is 14.6 Å². The smallest absolute Gasteiger partial charge is 0.333 e. The molecular formula is C32H30N4O4S2. The first-order valence-corrected chi connectivity index (χ1v) is 14.9. The number of benzene rings is 4. The summed E-state index contributed by atoms with van der Waals surface area (Å²) in [5.74, 6) is 1.71. The molecule has 0 aliphatic heterocycles. The fraction of sp³-hybridized carbons (Fsp3) is 0.156. The van der Waals surface area contributed by atoms with Gasteiger partial charge in [-0.3, -0.25) is 0 Å². The third-order valence-corrected chi connectivity index (χ3v) is 7.94. The van der Waals surface area contributed by atoms with Crippen molar-refractivity contribution in [2.45, 2.75) is 22.8 Å². The number of ether oxygens (including phenoxy) is 2. The lowest BCUT2D eigenvalue weighted by Crippen LogP contribution is -2.23. The van der Waals surface area contributed by atoms with Gasteiger partial charge in [0, 0.05) is 26.9 Å². The van der Waals surface area contributed by atoms with Crippen molar-refractivity contribution < 1.29 is 19.4 Å². The van der Waals surface area contributed by atoms with E-state index in [2.05, 4.69) is 27.0 Å². The molecular weight excluding hydrogens is 569 g/mol. The molecule has 0 saturated carbocycles. The van der Waals surface area contributed by atoms with Crippen molar-refractivity contribution in [2.24, 2.45) is 20.5 Å². The molecule has 8 nitrogen and oxygen atoms in total. The Balaban J connectivity index is 1.31. The highest BCUT2D eigenvalue weighted by Gasteiger charge is 2.16. The highest BCUT2D eigenvalue weighted by atomic mass is 32.2. The number of nitrogens with zero attached hydrogens (tertiary/aromatic N) is 4. The summed E-state index contributed by atoms with van der Waals surface area (Å²) in [6.07, 6.45) is -0.326. The lowest BCUT2D eigenvalue weighted by Gasteiger charge is -2.17. The molecule has 0 aromatic heterocycles. The van der Waals surface area contributed by atoms with Crippen molar-refractivity contribution >= 4 is 52.2 Å². The number of phenolic OH excluding ortho intramolecular Hbond substituents is 1. The number of azo groups is 2.